The molecule has 1 atom stereocenters. The molecule has 0 saturated carbocycles. The number of nitrogens with zero attached hydrogens (tertiary/aromatic N) is 1. The van der Waals surface area contributed by atoms with Crippen molar-refractivity contribution in [2.24, 2.45) is 0 Å². The fourth-order valence-corrected chi connectivity index (χ4v) is 3.08. The maximum atomic E-state index is 12.9. The third-order valence-electron chi connectivity index (χ3n) is 4.55. The van der Waals surface area contributed by atoms with Crippen molar-refractivity contribution in [2.75, 3.05) is 19.6 Å². The molecule has 0 aromatic heterocycles. The van der Waals surface area contributed by atoms with Crippen LogP contribution in [-0.2, 0) is 11.3 Å². The molecule has 1 aliphatic heterocycles. The molecule has 3 nitrogen and oxygen atoms in total. The topological polar surface area (TPSA) is 32.7 Å². The van der Waals surface area contributed by atoms with Crippen molar-refractivity contribution < 1.29 is 14.2 Å². The number of aliphatic hydroxyl groups excluding tert-OH is 1. The molecule has 2 aromatic carbocycles. The Hall–Kier alpha value is -1.75. The second-order valence-corrected chi connectivity index (χ2v) is 6.36. The summed E-state index contributed by atoms with van der Waals surface area (Å²) in [6.07, 6.45) is 1.72. The quantitative estimate of drug-likeness (QED) is 0.880. The molecule has 1 fully saturated rings. The third kappa shape index (κ3) is 4.87. The van der Waals surface area contributed by atoms with Gasteiger partial charge in [0.15, 0.2) is 0 Å². The van der Waals surface area contributed by atoms with Crippen molar-refractivity contribution in [2.45, 2.75) is 31.7 Å². The van der Waals surface area contributed by atoms with Gasteiger partial charge in [0.1, 0.15) is 5.82 Å². The first-order valence-corrected chi connectivity index (χ1v) is 8.52. The Morgan fingerprint density at radius 2 is 1.71 bits per heavy atom. The predicted molar refractivity (Wildman–Crippen MR) is 92.1 cm³/mol. The largest absolute Gasteiger partial charge is 0.387 e. The van der Waals surface area contributed by atoms with E-state index in [1.807, 2.05) is 30.3 Å². The summed E-state index contributed by atoms with van der Waals surface area (Å²) >= 11 is 0. The minimum Gasteiger partial charge on any atom is -0.387 e. The van der Waals surface area contributed by atoms with E-state index >= 15 is 0 Å². The molecule has 0 spiro atoms. The molecule has 2 aromatic rings. The number of benzene rings is 2. The van der Waals surface area contributed by atoms with Crippen LogP contribution in [-0.4, -0.2) is 35.7 Å². The highest BCUT2D eigenvalue weighted by atomic mass is 19.1. The molecule has 1 unspecified atom stereocenters. The Bertz CT molecular complexity index is 609. The maximum Gasteiger partial charge on any atom is 0.123 e. The van der Waals surface area contributed by atoms with Gasteiger partial charge in [-0.3, -0.25) is 0 Å². The highest BCUT2D eigenvalue weighted by molar-refractivity contribution is 5.17. The molecule has 1 aliphatic rings. The molecule has 0 radical (unpaired) electrons. The molecular weight excluding hydrogens is 305 g/mol. The normalized spacial score (nSPS) is 17.8. The van der Waals surface area contributed by atoms with Crippen LogP contribution in [0, 0.1) is 5.82 Å². The molecule has 1 saturated heterocycles. The average Bonchev–Trinajstić information content (AvgIpc) is 2.63. The number of halogens is 1. The van der Waals surface area contributed by atoms with Gasteiger partial charge in [0.2, 0.25) is 0 Å². The van der Waals surface area contributed by atoms with E-state index in [1.54, 1.807) is 12.1 Å². The lowest BCUT2D eigenvalue weighted by Gasteiger charge is -2.33. The summed E-state index contributed by atoms with van der Waals surface area (Å²) in [5.41, 5.74) is 1.96. The van der Waals surface area contributed by atoms with Gasteiger partial charge >= 0.3 is 0 Å². The van der Waals surface area contributed by atoms with Gasteiger partial charge in [0, 0.05) is 19.6 Å². The lowest BCUT2D eigenvalue weighted by atomic mass is 10.0. The monoisotopic (exact) mass is 329 g/mol. The maximum absolute atomic E-state index is 12.9. The Labute approximate surface area is 142 Å². The van der Waals surface area contributed by atoms with Gasteiger partial charge in [-0.25, -0.2) is 4.39 Å². The standard InChI is InChI=1S/C20H24FNO2/c21-18-8-6-16(7-9-18)15-24-19-10-12-22(13-11-19)14-20(23)17-4-2-1-3-5-17/h1-9,19-20,23H,10-15H2. The van der Waals surface area contributed by atoms with Crippen LogP contribution in [0.2, 0.25) is 0 Å². The van der Waals surface area contributed by atoms with E-state index in [0.29, 0.717) is 13.2 Å². The average molecular weight is 329 g/mol. The van der Waals surface area contributed by atoms with Crippen molar-refractivity contribution in [1.29, 1.82) is 0 Å². The van der Waals surface area contributed by atoms with Crippen LogP contribution in [0.3, 0.4) is 0 Å². The molecule has 24 heavy (non-hydrogen) atoms. The van der Waals surface area contributed by atoms with Crippen molar-refractivity contribution in [3.63, 3.8) is 0 Å². The Morgan fingerprint density at radius 1 is 1.04 bits per heavy atom. The summed E-state index contributed by atoms with van der Waals surface area (Å²) in [6.45, 7) is 3.04. The molecule has 1 heterocycles. The van der Waals surface area contributed by atoms with Crippen molar-refractivity contribution in [3.05, 3.63) is 71.5 Å². The Kier molecular flexibility index (Phi) is 5.96. The van der Waals surface area contributed by atoms with Crippen molar-refractivity contribution >= 4 is 0 Å². The number of rotatable bonds is 6. The van der Waals surface area contributed by atoms with E-state index in [2.05, 4.69) is 4.90 Å². The summed E-state index contributed by atoms with van der Waals surface area (Å²) in [7, 11) is 0. The number of piperidine rings is 1. The fourth-order valence-electron chi connectivity index (χ4n) is 3.08. The summed E-state index contributed by atoms with van der Waals surface area (Å²) in [6, 6.07) is 16.2. The highest BCUT2D eigenvalue weighted by Crippen LogP contribution is 2.19. The number of β-amino-alcohol motifs (C(OH)–C–C–N with tert-alkyl or cyclic N) is 1. The van der Waals surface area contributed by atoms with E-state index < -0.39 is 6.10 Å². The van der Waals surface area contributed by atoms with E-state index in [1.165, 1.54) is 12.1 Å². The van der Waals surface area contributed by atoms with Gasteiger partial charge in [-0.05, 0) is 36.1 Å². The third-order valence-corrected chi connectivity index (χ3v) is 4.55. The molecule has 128 valence electrons. The summed E-state index contributed by atoms with van der Waals surface area (Å²) in [4.78, 5) is 2.29. The van der Waals surface area contributed by atoms with Gasteiger partial charge in [0.05, 0.1) is 18.8 Å². The van der Waals surface area contributed by atoms with Crippen LogP contribution in [0.1, 0.15) is 30.1 Å². The zero-order valence-electron chi connectivity index (χ0n) is 13.8. The minimum atomic E-state index is -0.442. The van der Waals surface area contributed by atoms with Crippen LogP contribution >= 0.6 is 0 Å². The molecule has 0 amide bonds. The zero-order chi connectivity index (χ0) is 16.8. The zero-order valence-corrected chi connectivity index (χ0v) is 13.8. The van der Waals surface area contributed by atoms with Gasteiger partial charge in [-0.2, -0.15) is 0 Å². The van der Waals surface area contributed by atoms with Crippen LogP contribution < -0.4 is 0 Å². The number of hydrogen-bond donors (Lipinski definition) is 1. The number of aliphatic hydroxyl groups is 1. The molecule has 3 rings (SSSR count). The van der Waals surface area contributed by atoms with E-state index in [0.717, 1.165) is 37.1 Å². The molecule has 0 bridgehead atoms. The fraction of sp³-hybridized carbons (Fsp3) is 0.400. The Morgan fingerprint density at radius 3 is 2.38 bits per heavy atom. The van der Waals surface area contributed by atoms with Gasteiger partial charge in [-0.1, -0.05) is 42.5 Å². The van der Waals surface area contributed by atoms with Crippen LogP contribution in [0.4, 0.5) is 4.39 Å². The molecule has 1 N–H and O–H groups in total. The van der Waals surface area contributed by atoms with Gasteiger partial charge < -0.3 is 14.7 Å². The number of ether oxygens (including phenoxy) is 1. The first-order valence-electron chi connectivity index (χ1n) is 8.52. The van der Waals surface area contributed by atoms with Crippen LogP contribution in [0.25, 0.3) is 0 Å². The van der Waals surface area contributed by atoms with E-state index in [-0.39, 0.29) is 11.9 Å². The van der Waals surface area contributed by atoms with E-state index in [9.17, 15) is 9.50 Å². The smallest absolute Gasteiger partial charge is 0.123 e. The summed E-state index contributed by atoms with van der Waals surface area (Å²) in [5.74, 6) is -0.218. The van der Waals surface area contributed by atoms with Gasteiger partial charge in [-0.15, -0.1) is 0 Å². The van der Waals surface area contributed by atoms with E-state index in [4.69, 9.17) is 4.74 Å². The second-order valence-electron chi connectivity index (χ2n) is 6.36. The Balaban J connectivity index is 1.40. The molecule has 0 aliphatic carbocycles. The number of likely N-dealkylation sites (tertiary alicyclic amines) is 1. The summed E-state index contributed by atoms with van der Waals surface area (Å²) in [5, 5.41) is 10.3. The molecular formula is C20H24FNO2. The summed E-state index contributed by atoms with van der Waals surface area (Å²) < 4.78 is 18.8. The van der Waals surface area contributed by atoms with Crippen molar-refractivity contribution in [1.82, 2.24) is 4.90 Å². The second kappa shape index (κ2) is 8.38. The van der Waals surface area contributed by atoms with Crippen molar-refractivity contribution in [3.8, 4) is 0 Å². The first-order chi connectivity index (χ1) is 11.7. The van der Waals surface area contributed by atoms with Crippen LogP contribution in [0.5, 0.6) is 0 Å². The van der Waals surface area contributed by atoms with Crippen LogP contribution in [0.15, 0.2) is 54.6 Å². The highest BCUT2D eigenvalue weighted by Gasteiger charge is 2.22. The minimum absolute atomic E-state index is 0.218. The lowest BCUT2D eigenvalue weighted by Crippen LogP contribution is -2.39. The molecule has 4 heteroatoms. The number of hydrogen-bond acceptors (Lipinski definition) is 3. The lowest BCUT2D eigenvalue weighted by molar-refractivity contribution is -0.0109. The predicted octanol–water partition coefficient (Wildman–Crippen LogP) is 3.54. The van der Waals surface area contributed by atoms with Gasteiger partial charge in [0.25, 0.3) is 0 Å². The first kappa shape index (κ1) is 17.1. The SMILES string of the molecule is OC(CN1CCC(OCc2ccc(F)cc2)CC1)c1ccccc1.